The summed E-state index contributed by atoms with van der Waals surface area (Å²) in [6.07, 6.45) is 142. The quantitative estimate of drug-likeness (QED) is 0.0261. The molecule has 0 aliphatic heterocycles. The molecule has 6 amide bonds. The summed E-state index contributed by atoms with van der Waals surface area (Å²) in [5.41, 5.74) is 0. The number of amides is 6. The minimum Gasteiger partial charge on any atom is -0.354 e. The number of carbonyl (C=O) groups excluding carboxylic acids is 6. The van der Waals surface area contributed by atoms with Crippen molar-refractivity contribution in [2.75, 3.05) is 32.8 Å². The van der Waals surface area contributed by atoms with Gasteiger partial charge >= 0.3 is 0 Å². The molecule has 0 atom stereocenters. The third-order valence-electron chi connectivity index (χ3n) is 29.2. The molecule has 0 aliphatic carbocycles. The Morgan fingerprint density at radius 1 is 0.102 bits per heavy atom. The fraction of sp³-hybridized carbons (Fsp3) is 0.952. The maximum Gasteiger partial charge on any atom is 0.221 e. The molecule has 12 nitrogen and oxygen atoms in total. The minimum absolute atomic E-state index is 0.0620. The first-order chi connectivity index (χ1) is 67.6. The van der Waals surface area contributed by atoms with Gasteiger partial charge in [-0.2, -0.15) is 0 Å². The average molecular weight is 1930 g/mol. The second-order valence-corrected chi connectivity index (χ2v) is 43.2. The number of rotatable bonds is 116. The summed E-state index contributed by atoms with van der Waals surface area (Å²) < 4.78 is 0. The SMILES string of the molecule is CCCCCCCCCCCCCCCCCC(=O)NCNC(=O)CCCCCCCCCCCCCCCCC.CCCCCCCCCCCCCCCCCCCC(=O)NCCNC(=O)CCCCCCCCCCCCCCCCCCC.CCCCCCCCCCCCCCCCCCCCCC(=O)NCCNC(=O)CCCCCCCCCCCCCCCCCCCCC. The Balaban J connectivity index is -0.00000198. The summed E-state index contributed by atoms with van der Waals surface area (Å²) in [4.78, 5) is 72.4. The van der Waals surface area contributed by atoms with Gasteiger partial charge in [-0.25, -0.2) is 0 Å². The maximum atomic E-state index is 12.1. The number of unbranched alkanes of at least 4 members (excludes halogenated alkanes) is 96. The van der Waals surface area contributed by atoms with E-state index in [0.717, 1.165) is 77.0 Å². The molecule has 0 heterocycles. The Kier molecular flexibility index (Phi) is 130. The van der Waals surface area contributed by atoms with Gasteiger partial charge in [0, 0.05) is 64.7 Å². The molecule has 816 valence electrons. The average Bonchev–Trinajstić information content (AvgIpc) is 0.993. The van der Waals surface area contributed by atoms with Crippen LogP contribution in [0.15, 0.2) is 0 Å². The monoisotopic (exact) mass is 1930 g/mol. The van der Waals surface area contributed by atoms with Crippen molar-refractivity contribution in [3.63, 3.8) is 0 Å². The van der Waals surface area contributed by atoms with Gasteiger partial charge in [-0.3, -0.25) is 28.8 Å². The van der Waals surface area contributed by atoms with Crippen molar-refractivity contribution < 1.29 is 28.8 Å². The van der Waals surface area contributed by atoms with Crippen molar-refractivity contribution in [1.29, 1.82) is 0 Å². The Morgan fingerprint density at radius 2 is 0.175 bits per heavy atom. The molecule has 0 fully saturated rings. The van der Waals surface area contributed by atoms with Crippen LogP contribution in [0.3, 0.4) is 0 Å². The van der Waals surface area contributed by atoms with Crippen molar-refractivity contribution in [2.24, 2.45) is 0 Å². The van der Waals surface area contributed by atoms with Crippen LogP contribution >= 0.6 is 0 Å². The Morgan fingerprint density at radius 3 is 0.263 bits per heavy atom. The molecule has 0 rings (SSSR count). The second kappa shape index (κ2) is 129. The number of nitrogens with one attached hydrogen (secondary N) is 6. The van der Waals surface area contributed by atoms with Gasteiger partial charge in [-0.05, 0) is 38.5 Å². The zero-order valence-corrected chi connectivity index (χ0v) is 94.4. The van der Waals surface area contributed by atoms with Crippen molar-refractivity contribution in [3.05, 3.63) is 0 Å². The fourth-order valence-corrected chi connectivity index (χ4v) is 19.6. The van der Waals surface area contributed by atoms with Gasteiger partial charge in [0.25, 0.3) is 0 Å². The van der Waals surface area contributed by atoms with Gasteiger partial charge < -0.3 is 31.9 Å². The molecule has 0 saturated heterocycles. The van der Waals surface area contributed by atoms with Crippen LogP contribution in [0, 0.1) is 0 Å². The molecule has 12 heteroatoms. The predicted octanol–water partition coefficient (Wildman–Crippen LogP) is 39.9. The molecule has 0 bridgehead atoms. The number of hydrogen-bond donors (Lipinski definition) is 6. The molecule has 0 aromatic rings. The fourth-order valence-electron chi connectivity index (χ4n) is 19.6. The standard InChI is InChI=1S/C46H92N2O2.C42H84N2O2.C37H74N2O2/c1-3-5-7-9-11-13-15-17-19-21-23-25-27-29-31-33-35-37-39-41-45(49)47-43-44-48-46(50)42-40-38-36-34-32-30-28-26-24-22-20-18-16-14-12-10-8-6-4-2;1-3-5-7-9-11-13-15-17-19-21-23-25-27-29-31-33-35-37-41(45)43-39-40-44-42(46)38-36-34-32-30-28-26-24-22-20-18-16-14-12-10-8-6-4-2;1-3-5-7-9-11-13-15-17-19-21-23-25-27-29-31-33-36(40)38-35-39-37(41)34-32-30-28-26-24-22-20-18-16-14-12-10-8-6-4-2/h3-44H2,1-2H3,(H,47,49)(H,48,50);3-40H2,1-2H3,(H,43,45)(H,44,46);3-35H2,1-2H3,(H,38,40)(H,39,41). The Labute approximate surface area is 858 Å². The molecular weight excluding hydrogens is 1680 g/mol. The van der Waals surface area contributed by atoms with Crippen molar-refractivity contribution in [3.8, 4) is 0 Å². The molecule has 0 saturated carbocycles. The lowest BCUT2D eigenvalue weighted by molar-refractivity contribution is -0.123. The zero-order valence-electron chi connectivity index (χ0n) is 94.4. The first kappa shape index (κ1) is 138. The van der Waals surface area contributed by atoms with E-state index in [4.69, 9.17) is 0 Å². The molecule has 0 unspecified atom stereocenters. The van der Waals surface area contributed by atoms with Crippen LogP contribution in [0.5, 0.6) is 0 Å². The van der Waals surface area contributed by atoms with Crippen LogP contribution in [0.1, 0.15) is 735 Å². The zero-order chi connectivity index (χ0) is 99.6. The first-order valence-corrected chi connectivity index (χ1v) is 63.2. The highest BCUT2D eigenvalue weighted by atomic mass is 16.2. The van der Waals surface area contributed by atoms with Crippen LogP contribution < -0.4 is 31.9 Å². The van der Waals surface area contributed by atoms with Crippen LogP contribution in [0.2, 0.25) is 0 Å². The molecule has 6 N–H and O–H groups in total. The topological polar surface area (TPSA) is 175 Å². The summed E-state index contributed by atoms with van der Waals surface area (Å²) >= 11 is 0. The highest BCUT2D eigenvalue weighted by Gasteiger charge is 2.11. The lowest BCUT2D eigenvalue weighted by Gasteiger charge is -2.08. The van der Waals surface area contributed by atoms with E-state index in [2.05, 4.69) is 73.4 Å². The van der Waals surface area contributed by atoms with Crippen LogP contribution in [-0.2, 0) is 28.8 Å². The van der Waals surface area contributed by atoms with Crippen LogP contribution in [0.25, 0.3) is 0 Å². The maximum absolute atomic E-state index is 12.1. The van der Waals surface area contributed by atoms with E-state index in [-0.39, 0.29) is 42.1 Å². The van der Waals surface area contributed by atoms with E-state index in [0.29, 0.717) is 64.7 Å². The summed E-state index contributed by atoms with van der Waals surface area (Å²) in [5, 5.41) is 17.6. The molecule has 0 aromatic carbocycles. The largest absolute Gasteiger partial charge is 0.354 e. The van der Waals surface area contributed by atoms with E-state index in [1.54, 1.807) is 0 Å². The Hall–Kier alpha value is -3.18. The molecule has 0 spiro atoms. The lowest BCUT2D eigenvalue weighted by atomic mass is 10.0. The first-order valence-electron chi connectivity index (χ1n) is 63.2. The highest BCUT2D eigenvalue weighted by molar-refractivity contribution is 5.79. The predicted molar refractivity (Wildman–Crippen MR) is 606 cm³/mol. The van der Waals surface area contributed by atoms with Gasteiger partial charge in [0.2, 0.25) is 35.4 Å². The summed E-state index contributed by atoms with van der Waals surface area (Å²) in [7, 11) is 0. The molecule has 0 aliphatic rings. The molecule has 0 aromatic heterocycles. The van der Waals surface area contributed by atoms with Gasteiger partial charge in [-0.15, -0.1) is 0 Å². The van der Waals surface area contributed by atoms with Gasteiger partial charge in [0.15, 0.2) is 0 Å². The summed E-state index contributed by atoms with van der Waals surface area (Å²) in [6, 6.07) is 0. The highest BCUT2D eigenvalue weighted by Crippen LogP contribution is 2.23. The van der Waals surface area contributed by atoms with E-state index >= 15 is 0 Å². The molecular formula is C125H250N6O6. The third-order valence-corrected chi connectivity index (χ3v) is 29.2. The second-order valence-electron chi connectivity index (χ2n) is 43.2. The van der Waals surface area contributed by atoms with E-state index in [1.807, 2.05) is 0 Å². The lowest BCUT2D eigenvalue weighted by Crippen LogP contribution is -2.37. The van der Waals surface area contributed by atoms with Gasteiger partial charge in [0.05, 0.1) is 6.67 Å². The normalized spacial score (nSPS) is 11.3. The minimum atomic E-state index is 0.0620. The van der Waals surface area contributed by atoms with Crippen molar-refractivity contribution in [2.45, 2.75) is 735 Å². The van der Waals surface area contributed by atoms with Crippen molar-refractivity contribution >= 4 is 35.4 Å². The Bertz CT molecular complexity index is 2150. The van der Waals surface area contributed by atoms with E-state index < -0.39 is 0 Å². The summed E-state index contributed by atoms with van der Waals surface area (Å²) in [5.74, 6) is 0.640. The van der Waals surface area contributed by atoms with Gasteiger partial charge in [-0.1, -0.05) is 658 Å². The summed E-state index contributed by atoms with van der Waals surface area (Å²) in [6.45, 7) is 16.2. The van der Waals surface area contributed by atoms with E-state index in [9.17, 15) is 28.8 Å². The molecule has 137 heavy (non-hydrogen) atoms. The smallest absolute Gasteiger partial charge is 0.221 e. The number of carbonyl (C=O) groups is 6. The third kappa shape index (κ3) is 133. The number of hydrogen-bond acceptors (Lipinski definition) is 6. The molecule has 0 radical (unpaired) electrons. The van der Waals surface area contributed by atoms with Crippen LogP contribution in [-0.4, -0.2) is 68.3 Å². The van der Waals surface area contributed by atoms with E-state index in [1.165, 1.54) is 578 Å². The van der Waals surface area contributed by atoms with Crippen molar-refractivity contribution in [1.82, 2.24) is 31.9 Å². The van der Waals surface area contributed by atoms with Crippen LogP contribution in [0.4, 0.5) is 0 Å². The van der Waals surface area contributed by atoms with Gasteiger partial charge in [0.1, 0.15) is 0 Å².